The van der Waals surface area contributed by atoms with Gasteiger partial charge < -0.3 is 9.47 Å². The number of unbranched alkanes of at least 4 members (excludes halogenated alkanes) is 2. The number of hydrogen-bond donors (Lipinski definition) is 0. The molecule has 222 valence electrons. The van der Waals surface area contributed by atoms with Gasteiger partial charge in [-0.15, -0.1) is 0 Å². The van der Waals surface area contributed by atoms with Crippen LogP contribution in [0.15, 0.2) is 30.3 Å². The molecule has 2 saturated carbocycles. The molecule has 0 amide bonds. The lowest BCUT2D eigenvalue weighted by Gasteiger charge is -2.38. The Kier molecular flexibility index (Phi) is 10.3. The van der Waals surface area contributed by atoms with Gasteiger partial charge in [-0.05, 0) is 79.9 Å². The molecule has 0 spiro atoms. The van der Waals surface area contributed by atoms with Gasteiger partial charge in [-0.2, -0.15) is 17.6 Å². The summed E-state index contributed by atoms with van der Waals surface area (Å²) in [5, 5.41) is 0. The van der Waals surface area contributed by atoms with Crippen molar-refractivity contribution in [3.05, 3.63) is 58.9 Å². The average Bonchev–Trinajstić information content (AvgIpc) is 2.91. The van der Waals surface area contributed by atoms with E-state index in [1.165, 1.54) is 57.4 Å². The minimum Gasteiger partial charge on any atom is -0.429 e. The van der Waals surface area contributed by atoms with Crippen molar-refractivity contribution in [1.82, 2.24) is 0 Å². The summed E-state index contributed by atoms with van der Waals surface area (Å²) >= 11 is 0. The van der Waals surface area contributed by atoms with Crippen LogP contribution in [0, 0.1) is 35.2 Å². The topological polar surface area (TPSA) is 18.5 Å². The molecule has 0 N–H and O–H groups in total. The molecular formula is C31H37F7O2. The highest BCUT2D eigenvalue weighted by atomic mass is 19.3. The number of benzene rings is 2. The Morgan fingerprint density at radius 2 is 1.40 bits per heavy atom. The highest BCUT2D eigenvalue weighted by Crippen LogP contribution is 2.45. The molecule has 0 atom stereocenters. The molecule has 2 nitrogen and oxygen atoms in total. The van der Waals surface area contributed by atoms with Crippen LogP contribution >= 0.6 is 0 Å². The Morgan fingerprint density at radius 3 is 1.95 bits per heavy atom. The van der Waals surface area contributed by atoms with Crippen molar-refractivity contribution in [2.45, 2.75) is 103 Å². The molecule has 40 heavy (non-hydrogen) atoms. The van der Waals surface area contributed by atoms with E-state index in [1.807, 2.05) is 0 Å². The van der Waals surface area contributed by atoms with Crippen molar-refractivity contribution < 1.29 is 40.2 Å². The van der Waals surface area contributed by atoms with E-state index < -0.39 is 47.2 Å². The molecule has 4 rings (SSSR count). The molecular weight excluding hydrogens is 537 g/mol. The van der Waals surface area contributed by atoms with Gasteiger partial charge in [0.15, 0.2) is 17.4 Å². The highest BCUT2D eigenvalue weighted by molar-refractivity contribution is 5.36. The van der Waals surface area contributed by atoms with Crippen molar-refractivity contribution in [3.63, 3.8) is 0 Å². The summed E-state index contributed by atoms with van der Waals surface area (Å²) < 4.78 is 105. The third kappa shape index (κ3) is 7.64. The Hall–Kier alpha value is -2.45. The fourth-order valence-electron chi connectivity index (χ4n) is 6.58. The van der Waals surface area contributed by atoms with E-state index in [9.17, 15) is 30.7 Å². The zero-order chi connectivity index (χ0) is 28.9. The van der Waals surface area contributed by atoms with Gasteiger partial charge in [0.05, 0.1) is 5.56 Å². The van der Waals surface area contributed by atoms with E-state index in [0.717, 1.165) is 49.7 Å². The lowest BCUT2D eigenvalue weighted by Crippen LogP contribution is -2.26. The van der Waals surface area contributed by atoms with Gasteiger partial charge in [-0.25, -0.2) is 13.2 Å². The third-order valence-corrected chi connectivity index (χ3v) is 8.75. The second-order valence-corrected chi connectivity index (χ2v) is 11.3. The van der Waals surface area contributed by atoms with E-state index in [0.29, 0.717) is 11.5 Å². The summed E-state index contributed by atoms with van der Waals surface area (Å²) in [4.78, 5) is 0. The zero-order valence-electron chi connectivity index (χ0n) is 22.7. The fourth-order valence-corrected chi connectivity index (χ4v) is 6.58. The Balaban J connectivity index is 1.33. The van der Waals surface area contributed by atoms with Crippen LogP contribution < -0.4 is 9.47 Å². The van der Waals surface area contributed by atoms with Gasteiger partial charge in [0.1, 0.15) is 11.6 Å². The van der Waals surface area contributed by atoms with E-state index in [-0.39, 0.29) is 18.1 Å². The Labute approximate surface area is 231 Å². The summed E-state index contributed by atoms with van der Waals surface area (Å²) in [5.41, 5.74) is -0.449. The highest BCUT2D eigenvalue weighted by Gasteiger charge is 2.39. The van der Waals surface area contributed by atoms with Crippen molar-refractivity contribution in [2.24, 2.45) is 17.8 Å². The van der Waals surface area contributed by atoms with Crippen LogP contribution in [0.4, 0.5) is 30.7 Å². The molecule has 2 fully saturated rings. The van der Waals surface area contributed by atoms with E-state index in [2.05, 4.69) is 16.4 Å². The van der Waals surface area contributed by atoms with Gasteiger partial charge in [0.2, 0.25) is 0 Å². The first kappa shape index (κ1) is 30.5. The molecule has 0 bridgehead atoms. The van der Waals surface area contributed by atoms with Gasteiger partial charge in [-0.3, -0.25) is 0 Å². The summed E-state index contributed by atoms with van der Waals surface area (Å²) in [5.74, 6) is -4.59. The molecule has 0 heterocycles. The molecule has 0 unspecified atom stereocenters. The monoisotopic (exact) mass is 574 g/mol. The van der Waals surface area contributed by atoms with Crippen molar-refractivity contribution >= 4 is 0 Å². The maximum Gasteiger partial charge on any atom is 0.429 e. The molecule has 0 aliphatic heterocycles. The number of ether oxygens (including phenoxy) is 2. The lowest BCUT2D eigenvalue weighted by molar-refractivity contribution is -0.187. The minimum absolute atomic E-state index is 0.0743. The first-order valence-electron chi connectivity index (χ1n) is 14.4. The van der Waals surface area contributed by atoms with Gasteiger partial charge in [0, 0.05) is 12.1 Å². The first-order chi connectivity index (χ1) is 19.1. The fraction of sp³-hybridized carbons (Fsp3) is 0.613. The largest absolute Gasteiger partial charge is 0.429 e. The smallest absolute Gasteiger partial charge is 0.429 e. The predicted molar refractivity (Wildman–Crippen MR) is 138 cm³/mol. The van der Waals surface area contributed by atoms with Crippen LogP contribution in [-0.2, 0) is 6.11 Å². The molecule has 2 aromatic rings. The third-order valence-electron chi connectivity index (χ3n) is 8.75. The maximum atomic E-state index is 14.9. The summed E-state index contributed by atoms with van der Waals surface area (Å²) in [6.45, 7) is -1.28. The molecule has 0 radical (unpaired) electrons. The normalized spacial score (nSPS) is 23.8. The Bertz CT molecular complexity index is 1080. The number of hydrogen-bond acceptors (Lipinski definition) is 2. The average molecular weight is 575 g/mol. The second kappa shape index (κ2) is 13.5. The van der Waals surface area contributed by atoms with Crippen molar-refractivity contribution in [1.29, 1.82) is 0 Å². The minimum atomic E-state index is -4.26. The van der Waals surface area contributed by atoms with Crippen molar-refractivity contribution in [3.8, 4) is 11.5 Å². The quantitative estimate of drug-likeness (QED) is 0.196. The van der Waals surface area contributed by atoms with Crippen LogP contribution in [0.3, 0.4) is 0 Å². The van der Waals surface area contributed by atoms with Crippen LogP contribution in [-0.4, -0.2) is 6.61 Å². The van der Waals surface area contributed by atoms with Crippen molar-refractivity contribution in [2.75, 3.05) is 0 Å². The molecule has 2 aliphatic rings. The standard InChI is InChI=1S/C31H37F7O2/c1-2-3-4-5-19-6-8-20(9-7-19)21-10-12-22(13-11-21)23-14-15-25(26(32)16-23)31(37,38)40-24-17-27(33)29(28(34)18-24)39-30(35)36/h14-22,30H,2-13H2,1H3/t19-,20-,21-,22-. The van der Waals surface area contributed by atoms with E-state index >= 15 is 0 Å². The number of alkyl halides is 4. The molecule has 0 aromatic heterocycles. The van der Waals surface area contributed by atoms with Gasteiger partial charge >= 0.3 is 12.7 Å². The second-order valence-electron chi connectivity index (χ2n) is 11.3. The van der Waals surface area contributed by atoms with E-state index in [1.54, 1.807) is 0 Å². The van der Waals surface area contributed by atoms with Gasteiger partial charge in [0.25, 0.3) is 0 Å². The number of halogens is 7. The first-order valence-corrected chi connectivity index (χ1v) is 14.4. The summed E-state index contributed by atoms with van der Waals surface area (Å²) in [6, 6.07) is 4.01. The molecule has 0 saturated heterocycles. The lowest BCUT2D eigenvalue weighted by atomic mass is 9.68. The maximum absolute atomic E-state index is 14.9. The van der Waals surface area contributed by atoms with Gasteiger partial charge in [-0.1, -0.05) is 51.5 Å². The zero-order valence-corrected chi connectivity index (χ0v) is 22.7. The van der Waals surface area contributed by atoms with Crippen LogP contribution in [0.1, 0.15) is 101 Å². The van der Waals surface area contributed by atoms with Crippen LogP contribution in [0.5, 0.6) is 11.5 Å². The molecule has 2 aromatic carbocycles. The SMILES string of the molecule is CCCCC[C@H]1CC[C@H]([C@H]2CC[C@H](c3ccc(C(F)(F)Oc4cc(F)c(OC(F)F)c(F)c4)c(F)c3)CC2)CC1. The molecule has 2 aliphatic carbocycles. The number of rotatable bonds is 11. The predicted octanol–water partition coefficient (Wildman–Crippen LogP) is 10.5. The van der Waals surface area contributed by atoms with Crippen LogP contribution in [0.2, 0.25) is 0 Å². The van der Waals surface area contributed by atoms with E-state index in [4.69, 9.17) is 0 Å². The summed E-state index contributed by atoms with van der Waals surface area (Å²) in [7, 11) is 0. The molecule has 9 heteroatoms. The van der Waals surface area contributed by atoms with Crippen LogP contribution in [0.25, 0.3) is 0 Å². The Morgan fingerprint density at radius 1 is 0.800 bits per heavy atom. The summed E-state index contributed by atoms with van der Waals surface area (Å²) in [6.07, 6.45) is 9.98.